The van der Waals surface area contributed by atoms with Gasteiger partial charge in [0.2, 0.25) is 0 Å². The van der Waals surface area contributed by atoms with Crippen LogP contribution in [0.25, 0.3) is 0 Å². The summed E-state index contributed by atoms with van der Waals surface area (Å²) in [6, 6.07) is 20.5. The van der Waals surface area contributed by atoms with Crippen LogP contribution in [0.15, 0.2) is 94.9 Å². The zero-order chi connectivity index (χ0) is 23.6. The van der Waals surface area contributed by atoms with Gasteiger partial charge in [-0.15, -0.1) is 0 Å². The summed E-state index contributed by atoms with van der Waals surface area (Å²) >= 11 is 0. The minimum Gasteiger partial charge on any atom is -0.269 e. The highest BCUT2D eigenvalue weighted by molar-refractivity contribution is 7.92. The molecule has 0 N–H and O–H groups in total. The van der Waals surface area contributed by atoms with Crippen molar-refractivity contribution in [3.63, 3.8) is 0 Å². The molecule has 8 heteroatoms. The monoisotopic (exact) mass is 482 g/mol. The van der Waals surface area contributed by atoms with Crippen molar-refractivity contribution in [2.24, 2.45) is 0 Å². The van der Waals surface area contributed by atoms with E-state index in [1.165, 1.54) is 14.8 Å². The lowest BCUT2D eigenvalue weighted by molar-refractivity contribution is 0.495. The van der Waals surface area contributed by atoms with E-state index in [9.17, 15) is 16.8 Å². The smallest absolute Gasteiger partial charge is 0.264 e. The van der Waals surface area contributed by atoms with Crippen LogP contribution in [0.1, 0.15) is 23.1 Å². The third-order valence-electron chi connectivity index (χ3n) is 5.59. The van der Waals surface area contributed by atoms with Crippen LogP contribution in [-0.2, 0) is 26.6 Å². The van der Waals surface area contributed by atoms with Gasteiger partial charge in [-0.3, -0.25) is 8.61 Å². The Hall–Kier alpha value is -3.10. The summed E-state index contributed by atoms with van der Waals surface area (Å²) in [7, 11) is -7.63. The van der Waals surface area contributed by atoms with Crippen molar-refractivity contribution in [2.75, 3.05) is 10.8 Å². The van der Waals surface area contributed by atoms with Crippen LogP contribution in [0, 0.1) is 13.8 Å². The Labute approximate surface area is 195 Å². The molecule has 0 spiro atoms. The minimum atomic E-state index is -3.83. The van der Waals surface area contributed by atoms with Crippen molar-refractivity contribution >= 4 is 25.7 Å². The average molecular weight is 483 g/mol. The van der Waals surface area contributed by atoms with Crippen LogP contribution in [0.4, 0.5) is 5.69 Å². The van der Waals surface area contributed by atoms with Gasteiger partial charge in [-0.05, 0) is 56.2 Å². The van der Waals surface area contributed by atoms with Crippen molar-refractivity contribution in [1.82, 2.24) is 4.31 Å². The highest BCUT2D eigenvalue weighted by Crippen LogP contribution is 2.31. The Morgan fingerprint density at radius 2 is 1.24 bits per heavy atom. The van der Waals surface area contributed by atoms with Crippen molar-refractivity contribution in [1.29, 1.82) is 0 Å². The SMILES string of the molecule is Cc1ccc(S(=O)(=O)N2/C=C\CCN(S(=O)(=O)c3ccc(C)cc3)c3ccccc3C2)cc1. The number of anilines is 1. The molecule has 0 amide bonds. The van der Waals surface area contributed by atoms with Gasteiger partial charge in [-0.2, -0.15) is 0 Å². The van der Waals surface area contributed by atoms with Gasteiger partial charge in [0.15, 0.2) is 0 Å². The van der Waals surface area contributed by atoms with Gasteiger partial charge in [0.05, 0.1) is 22.0 Å². The van der Waals surface area contributed by atoms with Gasteiger partial charge in [-0.1, -0.05) is 59.7 Å². The van der Waals surface area contributed by atoms with E-state index in [0.717, 1.165) is 11.1 Å². The number of nitrogens with zero attached hydrogens (tertiary/aromatic N) is 2. The Balaban J connectivity index is 1.77. The first-order valence-electron chi connectivity index (χ1n) is 10.6. The Morgan fingerprint density at radius 1 is 0.697 bits per heavy atom. The van der Waals surface area contributed by atoms with Crippen LogP contribution in [0.5, 0.6) is 0 Å². The standard InChI is InChI=1S/C25H26N2O4S2/c1-20-9-13-23(14-10-20)32(28,29)26-17-5-6-18-27(25-8-4-3-7-22(25)19-26)33(30,31)24-15-11-21(2)12-16-24/h3-5,7-17H,6,18-19H2,1-2H3/b17-5-. The van der Waals surface area contributed by atoms with Crippen molar-refractivity contribution in [3.8, 4) is 0 Å². The number of hydrogen-bond acceptors (Lipinski definition) is 4. The maximum Gasteiger partial charge on any atom is 0.264 e. The van der Waals surface area contributed by atoms with Crippen LogP contribution >= 0.6 is 0 Å². The second-order valence-electron chi connectivity index (χ2n) is 8.06. The van der Waals surface area contributed by atoms with Gasteiger partial charge in [0.1, 0.15) is 0 Å². The first-order valence-corrected chi connectivity index (χ1v) is 13.5. The van der Waals surface area contributed by atoms with Gasteiger partial charge < -0.3 is 0 Å². The normalized spacial score (nSPS) is 15.8. The third-order valence-corrected chi connectivity index (χ3v) is 9.16. The summed E-state index contributed by atoms with van der Waals surface area (Å²) in [6.07, 6.45) is 3.60. The molecule has 0 fully saturated rings. The number of fused-ring (bicyclic) bond motifs is 1. The number of para-hydroxylation sites is 1. The predicted molar refractivity (Wildman–Crippen MR) is 130 cm³/mol. The van der Waals surface area contributed by atoms with Gasteiger partial charge in [-0.25, -0.2) is 16.8 Å². The topological polar surface area (TPSA) is 74.8 Å². The van der Waals surface area contributed by atoms with Crippen LogP contribution < -0.4 is 4.31 Å². The average Bonchev–Trinajstić information content (AvgIpc) is 2.89. The molecular weight excluding hydrogens is 456 g/mol. The molecule has 1 heterocycles. The summed E-state index contributed by atoms with van der Waals surface area (Å²) in [5.41, 5.74) is 3.02. The zero-order valence-electron chi connectivity index (χ0n) is 18.5. The summed E-state index contributed by atoms with van der Waals surface area (Å²) in [5, 5.41) is 0. The number of rotatable bonds is 4. The van der Waals surface area contributed by atoms with E-state index >= 15 is 0 Å². The molecule has 4 rings (SSSR count). The fraction of sp³-hybridized carbons (Fsp3) is 0.200. The number of benzene rings is 3. The molecule has 0 atom stereocenters. The highest BCUT2D eigenvalue weighted by atomic mass is 32.2. The van der Waals surface area contributed by atoms with Crippen LogP contribution in [0.2, 0.25) is 0 Å². The number of sulfonamides is 2. The Kier molecular flexibility index (Phi) is 6.32. The minimum absolute atomic E-state index is 0.0167. The maximum atomic E-state index is 13.5. The van der Waals surface area contributed by atoms with Crippen molar-refractivity contribution in [2.45, 2.75) is 36.6 Å². The second kappa shape index (κ2) is 9.03. The van der Waals surface area contributed by atoms with Crippen LogP contribution in [0.3, 0.4) is 0 Å². The van der Waals surface area contributed by atoms with Gasteiger partial charge >= 0.3 is 0 Å². The molecule has 0 aromatic heterocycles. The Morgan fingerprint density at radius 3 is 1.85 bits per heavy atom. The lowest BCUT2D eigenvalue weighted by atomic mass is 10.2. The van der Waals surface area contributed by atoms with E-state index in [-0.39, 0.29) is 22.9 Å². The van der Waals surface area contributed by atoms with E-state index in [2.05, 4.69) is 0 Å². The second-order valence-corrected chi connectivity index (χ2v) is 11.8. The predicted octanol–water partition coefficient (Wildman–Crippen LogP) is 4.61. The summed E-state index contributed by atoms with van der Waals surface area (Å²) in [4.78, 5) is 0.397. The van der Waals surface area contributed by atoms with E-state index in [1.54, 1.807) is 78.9 Å². The molecule has 1 aliphatic rings. The van der Waals surface area contributed by atoms with E-state index in [4.69, 9.17) is 0 Å². The largest absolute Gasteiger partial charge is 0.269 e. The van der Waals surface area contributed by atoms with Crippen molar-refractivity contribution in [3.05, 3.63) is 102 Å². The van der Waals surface area contributed by atoms with Gasteiger partial charge in [0.25, 0.3) is 20.0 Å². The summed E-state index contributed by atoms with van der Waals surface area (Å²) in [5.74, 6) is 0. The molecule has 0 bridgehead atoms. The molecule has 0 saturated carbocycles. The quantitative estimate of drug-likeness (QED) is 0.544. The number of hydrogen-bond donors (Lipinski definition) is 0. The zero-order valence-corrected chi connectivity index (χ0v) is 20.2. The molecule has 6 nitrogen and oxygen atoms in total. The molecule has 172 valence electrons. The molecular formula is C25H26N2O4S2. The maximum absolute atomic E-state index is 13.5. The summed E-state index contributed by atoms with van der Waals surface area (Å²) < 4.78 is 56.5. The van der Waals surface area contributed by atoms with E-state index in [0.29, 0.717) is 17.7 Å². The first-order chi connectivity index (χ1) is 15.7. The molecule has 33 heavy (non-hydrogen) atoms. The molecule has 0 saturated heterocycles. The summed E-state index contributed by atoms with van der Waals surface area (Å²) in [6.45, 7) is 4.01. The lowest BCUT2D eigenvalue weighted by Crippen LogP contribution is -2.33. The molecule has 3 aromatic carbocycles. The van der Waals surface area contributed by atoms with E-state index < -0.39 is 20.0 Å². The van der Waals surface area contributed by atoms with Crippen molar-refractivity contribution < 1.29 is 16.8 Å². The lowest BCUT2D eigenvalue weighted by Gasteiger charge is -2.27. The van der Waals surface area contributed by atoms with E-state index in [1.807, 2.05) is 13.8 Å². The first kappa shape index (κ1) is 23.1. The van der Waals surface area contributed by atoms with Crippen LogP contribution in [-0.4, -0.2) is 27.7 Å². The Bertz CT molecular complexity index is 1380. The molecule has 0 radical (unpaired) electrons. The highest BCUT2D eigenvalue weighted by Gasteiger charge is 2.29. The molecule has 1 aliphatic heterocycles. The van der Waals surface area contributed by atoms with Gasteiger partial charge in [0, 0.05) is 12.7 Å². The number of aryl methyl sites for hydroxylation is 2. The fourth-order valence-corrected chi connectivity index (χ4v) is 6.53. The fourth-order valence-electron chi connectivity index (χ4n) is 3.71. The molecule has 0 aliphatic carbocycles. The molecule has 0 unspecified atom stereocenters. The third kappa shape index (κ3) is 4.67. The molecule has 3 aromatic rings.